The van der Waals surface area contributed by atoms with Crippen molar-refractivity contribution in [2.24, 2.45) is 0 Å². The van der Waals surface area contributed by atoms with Crippen LogP contribution in [0.15, 0.2) is 64.6 Å². The van der Waals surface area contributed by atoms with Crippen LogP contribution >= 0.6 is 11.8 Å². The van der Waals surface area contributed by atoms with Gasteiger partial charge in [-0.25, -0.2) is 9.78 Å². The van der Waals surface area contributed by atoms with Crippen molar-refractivity contribution >= 4 is 17.7 Å². The summed E-state index contributed by atoms with van der Waals surface area (Å²) in [6, 6.07) is 14.9. The fraction of sp³-hybridized carbons (Fsp3) is 0.143. The number of benzene rings is 2. The first-order chi connectivity index (χ1) is 13.0. The third-order valence-corrected chi connectivity index (χ3v) is 5.10. The third-order valence-electron chi connectivity index (χ3n) is 4.01. The fourth-order valence-corrected chi connectivity index (χ4v) is 3.67. The Morgan fingerprint density at radius 3 is 2.37 bits per heavy atom. The summed E-state index contributed by atoms with van der Waals surface area (Å²) in [5, 5.41) is 9.87. The predicted molar refractivity (Wildman–Crippen MR) is 105 cm³/mol. The Labute approximate surface area is 162 Å². The molecular formula is C21H19NO4S. The lowest BCUT2D eigenvalue weighted by molar-refractivity contribution is 0.0692. The second-order valence-corrected chi connectivity index (χ2v) is 6.89. The van der Waals surface area contributed by atoms with E-state index in [9.17, 15) is 9.90 Å². The number of aromatic nitrogens is 1. The van der Waals surface area contributed by atoms with Gasteiger partial charge in [-0.05, 0) is 48.4 Å². The fourth-order valence-electron chi connectivity index (χ4n) is 2.66. The minimum Gasteiger partial charge on any atom is -0.497 e. The van der Waals surface area contributed by atoms with Gasteiger partial charge in [0.25, 0.3) is 0 Å². The molecule has 0 spiro atoms. The standard InChI is InChI=1S/C21H19NO4S/c1-13-6-7-19(27-20-17(21(23)24)5-4-8-22-20)18(9-13)14-10-15(25-2)12-16(11-14)26-3/h4-12H,1-3H3,(H,23,24). The maximum atomic E-state index is 11.5. The smallest absolute Gasteiger partial charge is 0.338 e. The van der Waals surface area contributed by atoms with Gasteiger partial charge in [-0.2, -0.15) is 0 Å². The molecule has 27 heavy (non-hydrogen) atoms. The largest absolute Gasteiger partial charge is 0.497 e. The van der Waals surface area contributed by atoms with Gasteiger partial charge >= 0.3 is 5.97 Å². The van der Waals surface area contributed by atoms with E-state index < -0.39 is 5.97 Å². The summed E-state index contributed by atoms with van der Waals surface area (Å²) < 4.78 is 10.8. The van der Waals surface area contributed by atoms with Crippen LogP contribution in [-0.4, -0.2) is 30.3 Å². The van der Waals surface area contributed by atoms with E-state index in [0.29, 0.717) is 16.5 Å². The lowest BCUT2D eigenvalue weighted by Gasteiger charge is -2.14. The molecule has 0 amide bonds. The van der Waals surface area contributed by atoms with Crippen LogP contribution in [0.25, 0.3) is 11.1 Å². The third kappa shape index (κ3) is 4.23. The maximum Gasteiger partial charge on any atom is 0.338 e. The zero-order valence-corrected chi connectivity index (χ0v) is 16.0. The molecule has 0 unspecified atom stereocenters. The highest BCUT2D eigenvalue weighted by Gasteiger charge is 2.15. The second kappa shape index (κ2) is 8.14. The van der Waals surface area contributed by atoms with Gasteiger partial charge in [-0.1, -0.05) is 29.5 Å². The molecule has 1 heterocycles. The maximum absolute atomic E-state index is 11.5. The van der Waals surface area contributed by atoms with Crippen molar-refractivity contribution in [3.63, 3.8) is 0 Å². The summed E-state index contributed by atoms with van der Waals surface area (Å²) in [5.74, 6) is 0.374. The molecule has 0 saturated carbocycles. The number of pyridine rings is 1. The molecule has 0 bridgehead atoms. The van der Waals surface area contributed by atoms with E-state index in [0.717, 1.165) is 21.6 Å². The Hall–Kier alpha value is -2.99. The van der Waals surface area contributed by atoms with Crippen molar-refractivity contribution in [1.82, 2.24) is 4.98 Å². The number of aryl methyl sites for hydroxylation is 1. The van der Waals surface area contributed by atoms with Crippen molar-refractivity contribution in [3.8, 4) is 22.6 Å². The highest BCUT2D eigenvalue weighted by Crippen LogP contribution is 2.39. The van der Waals surface area contributed by atoms with Crippen molar-refractivity contribution in [2.75, 3.05) is 14.2 Å². The molecule has 1 N–H and O–H groups in total. The highest BCUT2D eigenvalue weighted by atomic mass is 32.2. The Morgan fingerprint density at radius 2 is 1.74 bits per heavy atom. The van der Waals surface area contributed by atoms with Gasteiger partial charge in [0, 0.05) is 17.2 Å². The normalized spacial score (nSPS) is 10.5. The number of hydrogen-bond acceptors (Lipinski definition) is 5. The lowest BCUT2D eigenvalue weighted by atomic mass is 10.0. The summed E-state index contributed by atoms with van der Waals surface area (Å²) in [6.07, 6.45) is 1.59. The average Bonchev–Trinajstić information content (AvgIpc) is 2.69. The van der Waals surface area contributed by atoms with Crippen LogP contribution in [-0.2, 0) is 0 Å². The minimum absolute atomic E-state index is 0.178. The van der Waals surface area contributed by atoms with Crippen LogP contribution in [0.4, 0.5) is 0 Å². The van der Waals surface area contributed by atoms with Gasteiger partial charge < -0.3 is 14.6 Å². The van der Waals surface area contributed by atoms with Gasteiger partial charge in [0.1, 0.15) is 16.5 Å². The molecule has 0 fully saturated rings. The minimum atomic E-state index is -0.998. The van der Waals surface area contributed by atoms with E-state index in [-0.39, 0.29) is 5.56 Å². The molecule has 0 aliphatic heterocycles. The van der Waals surface area contributed by atoms with Crippen molar-refractivity contribution in [2.45, 2.75) is 16.8 Å². The molecule has 0 radical (unpaired) electrons. The highest BCUT2D eigenvalue weighted by molar-refractivity contribution is 7.99. The van der Waals surface area contributed by atoms with Crippen LogP contribution in [0.3, 0.4) is 0 Å². The van der Waals surface area contributed by atoms with E-state index in [1.807, 2.05) is 37.3 Å². The molecule has 1 aromatic heterocycles. The average molecular weight is 381 g/mol. The van der Waals surface area contributed by atoms with E-state index >= 15 is 0 Å². The molecule has 6 heteroatoms. The van der Waals surface area contributed by atoms with E-state index in [1.165, 1.54) is 11.8 Å². The second-order valence-electron chi connectivity index (χ2n) is 5.86. The number of carboxylic acid groups (broad SMARTS) is 1. The Bertz CT molecular complexity index is 965. The Balaban J connectivity index is 2.11. The zero-order chi connectivity index (χ0) is 19.4. The van der Waals surface area contributed by atoms with Gasteiger partial charge in [0.15, 0.2) is 0 Å². The predicted octanol–water partition coefficient (Wildman–Crippen LogP) is 4.92. The number of rotatable bonds is 6. The van der Waals surface area contributed by atoms with E-state index in [4.69, 9.17) is 9.47 Å². The van der Waals surface area contributed by atoms with Crippen LogP contribution in [0, 0.1) is 6.92 Å². The first-order valence-corrected chi connectivity index (χ1v) is 9.03. The number of carboxylic acids is 1. The molecule has 5 nitrogen and oxygen atoms in total. The van der Waals surface area contributed by atoms with Crippen LogP contribution in [0.2, 0.25) is 0 Å². The first kappa shape index (κ1) is 18.8. The molecule has 0 aliphatic rings. The van der Waals surface area contributed by atoms with Gasteiger partial charge in [-0.3, -0.25) is 0 Å². The first-order valence-electron chi connectivity index (χ1n) is 8.22. The number of methoxy groups -OCH3 is 2. The topological polar surface area (TPSA) is 68.7 Å². The Morgan fingerprint density at radius 1 is 1.04 bits per heavy atom. The zero-order valence-electron chi connectivity index (χ0n) is 15.2. The monoisotopic (exact) mass is 381 g/mol. The summed E-state index contributed by atoms with van der Waals surface area (Å²) in [7, 11) is 3.22. The van der Waals surface area contributed by atoms with Gasteiger partial charge in [0.05, 0.1) is 19.8 Å². The van der Waals surface area contributed by atoms with E-state index in [2.05, 4.69) is 11.1 Å². The summed E-state index contributed by atoms with van der Waals surface area (Å²) in [5.41, 5.74) is 3.15. The molecule has 2 aromatic carbocycles. The number of carbonyl (C=O) groups is 1. The number of hydrogen-bond donors (Lipinski definition) is 1. The van der Waals surface area contributed by atoms with Gasteiger partial charge in [-0.15, -0.1) is 0 Å². The summed E-state index contributed by atoms with van der Waals surface area (Å²) >= 11 is 1.33. The molecule has 0 saturated heterocycles. The summed E-state index contributed by atoms with van der Waals surface area (Å²) in [6.45, 7) is 2.01. The van der Waals surface area contributed by atoms with Crippen molar-refractivity contribution < 1.29 is 19.4 Å². The van der Waals surface area contributed by atoms with E-state index in [1.54, 1.807) is 32.5 Å². The quantitative estimate of drug-likeness (QED) is 0.653. The SMILES string of the molecule is COc1cc(OC)cc(-c2cc(C)ccc2Sc2ncccc2C(=O)O)c1. The Kier molecular flexibility index (Phi) is 5.66. The van der Waals surface area contributed by atoms with Crippen molar-refractivity contribution in [1.29, 1.82) is 0 Å². The summed E-state index contributed by atoms with van der Waals surface area (Å²) in [4.78, 5) is 16.7. The van der Waals surface area contributed by atoms with Crippen LogP contribution in [0.5, 0.6) is 11.5 Å². The van der Waals surface area contributed by atoms with Crippen LogP contribution in [0.1, 0.15) is 15.9 Å². The molecule has 3 rings (SSSR count). The molecule has 0 atom stereocenters. The van der Waals surface area contributed by atoms with Crippen LogP contribution < -0.4 is 9.47 Å². The van der Waals surface area contributed by atoms with Gasteiger partial charge in [0.2, 0.25) is 0 Å². The molecule has 3 aromatic rings. The molecule has 0 aliphatic carbocycles. The number of ether oxygens (including phenoxy) is 2. The molecular weight excluding hydrogens is 362 g/mol. The number of nitrogens with zero attached hydrogens (tertiary/aromatic N) is 1. The number of aromatic carboxylic acids is 1. The van der Waals surface area contributed by atoms with Crippen molar-refractivity contribution in [3.05, 3.63) is 65.9 Å². The molecule has 138 valence electrons. The lowest BCUT2D eigenvalue weighted by Crippen LogP contribution is -2.00.